The van der Waals surface area contributed by atoms with Gasteiger partial charge >= 0.3 is 0 Å². The number of carbonyl (C=O) groups is 3. The molecule has 1 aromatic rings. The van der Waals surface area contributed by atoms with Crippen LogP contribution in [0.15, 0.2) is 24.3 Å². The van der Waals surface area contributed by atoms with Gasteiger partial charge in [0.2, 0.25) is 5.91 Å². The van der Waals surface area contributed by atoms with Gasteiger partial charge in [-0.25, -0.2) is 0 Å². The molecule has 3 atom stereocenters. The number of aryl methyl sites for hydroxylation is 1. The maximum Gasteiger partial charge on any atom is 0.242 e. The van der Waals surface area contributed by atoms with Crippen LogP contribution < -0.4 is 5.32 Å². The summed E-state index contributed by atoms with van der Waals surface area (Å²) in [6.45, 7) is 7.83. The number of hydrogen-bond donors (Lipinski definition) is 1. The van der Waals surface area contributed by atoms with Gasteiger partial charge in [0.1, 0.15) is 0 Å². The second-order valence-electron chi connectivity index (χ2n) is 7.70. The lowest BCUT2D eigenvalue weighted by atomic mass is 9.55. The predicted molar refractivity (Wildman–Crippen MR) is 87.9 cm³/mol. The summed E-state index contributed by atoms with van der Waals surface area (Å²) in [5.41, 5.74) is 0.728. The van der Waals surface area contributed by atoms with E-state index in [4.69, 9.17) is 0 Å². The highest BCUT2D eigenvalue weighted by Gasteiger charge is 2.65. The number of ketones is 2. The zero-order chi connectivity index (χ0) is 17.0. The molecule has 23 heavy (non-hydrogen) atoms. The number of amides is 1. The number of benzene rings is 1. The van der Waals surface area contributed by atoms with E-state index in [-0.39, 0.29) is 22.9 Å². The van der Waals surface area contributed by atoms with Crippen molar-refractivity contribution in [2.45, 2.75) is 40.5 Å². The smallest absolute Gasteiger partial charge is 0.242 e. The van der Waals surface area contributed by atoms with Gasteiger partial charge in [0, 0.05) is 17.0 Å². The summed E-state index contributed by atoms with van der Waals surface area (Å²) >= 11 is 0. The van der Waals surface area contributed by atoms with Crippen LogP contribution in [0.2, 0.25) is 0 Å². The molecule has 2 aliphatic carbocycles. The third-order valence-corrected chi connectivity index (χ3v) is 6.24. The van der Waals surface area contributed by atoms with Gasteiger partial charge in [-0.1, -0.05) is 38.5 Å². The first-order valence-corrected chi connectivity index (χ1v) is 8.14. The maximum atomic E-state index is 12.9. The Morgan fingerprint density at radius 2 is 1.74 bits per heavy atom. The summed E-state index contributed by atoms with van der Waals surface area (Å²) < 4.78 is 0. The molecule has 2 aliphatic rings. The van der Waals surface area contributed by atoms with Crippen LogP contribution >= 0.6 is 0 Å². The monoisotopic (exact) mass is 313 g/mol. The van der Waals surface area contributed by atoms with Gasteiger partial charge in [-0.15, -0.1) is 0 Å². The number of fused-ring (bicyclic) bond motifs is 2. The molecule has 2 saturated carbocycles. The molecule has 2 fully saturated rings. The molecule has 4 nitrogen and oxygen atoms in total. The SMILES string of the molecule is Cc1ccc(NC(=O)C2C(=O)C3CCC(C)(C2=O)C3(C)C)cc1. The summed E-state index contributed by atoms with van der Waals surface area (Å²) in [5, 5.41) is 2.73. The van der Waals surface area contributed by atoms with Crippen molar-refractivity contribution < 1.29 is 14.4 Å². The minimum Gasteiger partial charge on any atom is -0.325 e. The summed E-state index contributed by atoms with van der Waals surface area (Å²) in [4.78, 5) is 38.3. The minimum absolute atomic E-state index is 0.209. The van der Waals surface area contributed by atoms with Crippen molar-refractivity contribution >= 4 is 23.2 Å². The van der Waals surface area contributed by atoms with Crippen LogP contribution in [0.4, 0.5) is 5.69 Å². The topological polar surface area (TPSA) is 63.2 Å². The second kappa shape index (κ2) is 5.02. The number of anilines is 1. The van der Waals surface area contributed by atoms with E-state index in [0.717, 1.165) is 5.56 Å². The van der Waals surface area contributed by atoms with Crippen LogP contribution in [0.5, 0.6) is 0 Å². The Labute approximate surface area is 136 Å². The Bertz CT molecular complexity index is 689. The Kier molecular flexibility index (Phi) is 3.47. The molecule has 1 N–H and O–H groups in total. The van der Waals surface area contributed by atoms with Gasteiger partial charge < -0.3 is 5.32 Å². The largest absolute Gasteiger partial charge is 0.325 e. The Hall–Kier alpha value is -1.97. The fourth-order valence-electron chi connectivity index (χ4n) is 4.19. The molecule has 2 bridgehead atoms. The summed E-state index contributed by atoms with van der Waals surface area (Å²) in [6.07, 6.45) is 1.38. The van der Waals surface area contributed by atoms with E-state index in [0.29, 0.717) is 18.5 Å². The van der Waals surface area contributed by atoms with Crippen LogP contribution in [0.3, 0.4) is 0 Å². The fourth-order valence-corrected chi connectivity index (χ4v) is 4.19. The van der Waals surface area contributed by atoms with Gasteiger partial charge in [-0.3, -0.25) is 14.4 Å². The summed E-state index contributed by atoms with van der Waals surface area (Å²) in [5.74, 6) is -2.29. The van der Waals surface area contributed by atoms with Crippen molar-refractivity contribution in [3.05, 3.63) is 29.8 Å². The number of carbonyl (C=O) groups excluding carboxylic acids is 3. The third kappa shape index (κ3) is 2.15. The first kappa shape index (κ1) is 15.9. The second-order valence-corrected chi connectivity index (χ2v) is 7.70. The Morgan fingerprint density at radius 3 is 2.35 bits per heavy atom. The van der Waals surface area contributed by atoms with Gasteiger partial charge in [0.15, 0.2) is 17.5 Å². The lowest BCUT2D eigenvalue weighted by Gasteiger charge is -2.46. The van der Waals surface area contributed by atoms with E-state index in [1.165, 1.54) is 0 Å². The van der Waals surface area contributed by atoms with Gasteiger partial charge in [-0.05, 0) is 37.3 Å². The van der Waals surface area contributed by atoms with E-state index in [1.807, 2.05) is 39.8 Å². The van der Waals surface area contributed by atoms with Crippen molar-refractivity contribution in [2.75, 3.05) is 5.32 Å². The zero-order valence-corrected chi connectivity index (χ0v) is 14.1. The highest BCUT2D eigenvalue weighted by atomic mass is 16.2. The van der Waals surface area contributed by atoms with Crippen LogP contribution in [0.25, 0.3) is 0 Å². The number of Topliss-reactive ketones (excluding diaryl/α,β-unsaturated/α-hetero) is 2. The van der Waals surface area contributed by atoms with E-state index in [1.54, 1.807) is 12.1 Å². The van der Waals surface area contributed by atoms with E-state index in [2.05, 4.69) is 5.32 Å². The molecule has 0 saturated heterocycles. The van der Waals surface area contributed by atoms with E-state index < -0.39 is 17.2 Å². The molecular formula is C19H23NO3. The van der Waals surface area contributed by atoms with Crippen LogP contribution in [-0.2, 0) is 14.4 Å². The normalized spacial score (nSPS) is 32.0. The van der Waals surface area contributed by atoms with Crippen LogP contribution in [-0.4, -0.2) is 17.5 Å². The molecule has 3 unspecified atom stereocenters. The highest BCUT2D eigenvalue weighted by Crippen LogP contribution is 2.61. The average molecular weight is 313 g/mol. The van der Waals surface area contributed by atoms with Crippen molar-refractivity contribution in [1.29, 1.82) is 0 Å². The van der Waals surface area contributed by atoms with Crippen LogP contribution in [0, 0.1) is 29.6 Å². The standard InChI is InChI=1S/C19H23NO3/c1-11-5-7-12(8-6-11)20-17(23)14-15(21)13-9-10-19(4,16(14)22)18(13,2)3/h5-8,13-14H,9-10H2,1-4H3,(H,20,23). The molecule has 1 amide bonds. The third-order valence-electron chi connectivity index (χ3n) is 6.24. The minimum atomic E-state index is -1.16. The maximum absolute atomic E-state index is 12.9. The van der Waals surface area contributed by atoms with Crippen molar-refractivity contribution in [1.82, 2.24) is 0 Å². The Morgan fingerprint density at radius 1 is 1.13 bits per heavy atom. The molecule has 122 valence electrons. The first-order chi connectivity index (χ1) is 10.7. The van der Waals surface area contributed by atoms with Gasteiger partial charge in [0.05, 0.1) is 0 Å². The Balaban J connectivity index is 1.88. The molecule has 0 spiro atoms. The molecule has 0 aromatic heterocycles. The molecule has 3 rings (SSSR count). The van der Waals surface area contributed by atoms with E-state index in [9.17, 15) is 14.4 Å². The number of nitrogens with one attached hydrogen (secondary N) is 1. The number of rotatable bonds is 2. The average Bonchev–Trinajstić information content (AvgIpc) is 2.66. The molecule has 0 radical (unpaired) electrons. The highest BCUT2D eigenvalue weighted by molar-refractivity contribution is 6.25. The molecular weight excluding hydrogens is 290 g/mol. The zero-order valence-electron chi connectivity index (χ0n) is 14.1. The van der Waals surface area contributed by atoms with Crippen molar-refractivity contribution in [2.24, 2.45) is 22.7 Å². The quantitative estimate of drug-likeness (QED) is 0.853. The number of hydrogen-bond acceptors (Lipinski definition) is 3. The van der Waals surface area contributed by atoms with Gasteiger partial charge in [0.25, 0.3) is 0 Å². The predicted octanol–water partition coefficient (Wildman–Crippen LogP) is 3.14. The fraction of sp³-hybridized carbons (Fsp3) is 0.526. The lowest BCUT2D eigenvalue weighted by Crippen LogP contribution is -2.56. The summed E-state index contributed by atoms with van der Waals surface area (Å²) in [7, 11) is 0. The summed E-state index contributed by atoms with van der Waals surface area (Å²) in [6, 6.07) is 7.33. The first-order valence-electron chi connectivity index (χ1n) is 8.14. The van der Waals surface area contributed by atoms with Crippen molar-refractivity contribution in [3.8, 4) is 0 Å². The molecule has 0 aliphatic heterocycles. The molecule has 0 heterocycles. The van der Waals surface area contributed by atoms with Crippen molar-refractivity contribution in [3.63, 3.8) is 0 Å². The molecule has 4 heteroatoms. The van der Waals surface area contributed by atoms with Crippen LogP contribution in [0.1, 0.15) is 39.2 Å². The lowest BCUT2D eigenvalue weighted by molar-refractivity contribution is -0.156. The van der Waals surface area contributed by atoms with Gasteiger partial charge in [-0.2, -0.15) is 0 Å². The van der Waals surface area contributed by atoms with E-state index >= 15 is 0 Å². The molecule has 1 aromatic carbocycles.